The third kappa shape index (κ3) is 5.72. The van der Waals surface area contributed by atoms with Gasteiger partial charge in [0, 0.05) is 37.6 Å². The van der Waals surface area contributed by atoms with E-state index in [-0.39, 0.29) is 12.5 Å². The number of hydrogen-bond donors (Lipinski definition) is 2. The number of halogens is 1. The maximum Gasteiger partial charge on any atom is 0.251 e. The lowest BCUT2D eigenvalue weighted by Crippen LogP contribution is -2.41. The minimum atomic E-state index is -0.957. The summed E-state index contributed by atoms with van der Waals surface area (Å²) < 4.78 is 4.92. The van der Waals surface area contributed by atoms with Crippen LogP contribution in [0.15, 0.2) is 24.3 Å². The number of nitrogens with one attached hydrogen (secondary N) is 1. The zero-order valence-corrected chi connectivity index (χ0v) is 12.9. The lowest BCUT2D eigenvalue weighted by Gasteiger charge is -2.23. The summed E-state index contributed by atoms with van der Waals surface area (Å²) in [5.41, 5.74) is 0.748. The Kier molecular flexibility index (Phi) is 6.48. The van der Waals surface area contributed by atoms with Gasteiger partial charge in [-0.25, -0.2) is 0 Å². The molecule has 1 amide bonds. The molecule has 19 heavy (non-hydrogen) atoms. The van der Waals surface area contributed by atoms with E-state index in [4.69, 9.17) is 4.74 Å². The molecule has 1 rings (SSSR count). The fourth-order valence-corrected chi connectivity index (χ4v) is 1.90. The van der Waals surface area contributed by atoms with Crippen molar-refractivity contribution in [3.63, 3.8) is 0 Å². The summed E-state index contributed by atoms with van der Waals surface area (Å²) >= 11 is 3.35. The molecular formula is C14H20BrNO3. The first kappa shape index (κ1) is 16.1. The highest BCUT2D eigenvalue weighted by Gasteiger charge is 2.21. The van der Waals surface area contributed by atoms with E-state index in [1.165, 1.54) is 0 Å². The Balaban J connectivity index is 2.50. The Morgan fingerprint density at radius 3 is 2.58 bits per heavy atom. The molecular weight excluding hydrogens is 310 g/mol. The molecule has 2 N–H and O–H groups in total. The molecule has 0 bridgehead atoms. The number of carbonyl (C=O) groups is 1. The quantitative estimate of drug-likeness (QED) is 0.753. The van der Waals surface area contributed by atoms with E-state index in [1.807, 2.05) is 12.1 Å². The summed E-state index contributed by atoms with van der Waals surface area (Å²) in [5, 5.41) is 13.5. The fourth-order valence-electron chi connectivity index (χ4n) is 1.53. The second-order valence-electron chi connectivity index (χ2n) is 4.75. The van der Waals surface area contributed by atoms with Gasteiger partial charge in [-0.05, 0) is 24.6 Å². The van der Waals surface area contributed by atoms with Gasteiger partial charge in [0.25, 0.3) is 5.91 Å². The molecule has 1 aromatic rings. The number of methoxy groups -OCH3 is 1. The molecule has 0 aliphatic heterocycles. The number of carbonyl (C=O) groups excluding carboxylic acids is 1. The van der Waals surface area contributed by atoms with E-state index >= 15 is 0 Å². The highest BCUT2D eigenvalue weighted by atomic mass is 79.9. The molecule has 0 aliphatic carbocycles. The third-order valence-electron chi connectivity index (χ3n) is 2.84. The van der Waals surface area contributed by atoms with Crippen molar-refractivity contribution in [2.24, 2.45) is 0 Å². The monoisotopic (exact) mass is 329 g/mol. The number of aliphatic hydroxyl groups is 1. The predicted octanol–water partition coefficient (Wildman–Crippen LogP) is 2.10. The van der Waals surface area contributed by atoms with Crippen molar-refractivity contribution in [3.8, 4) is 0 Å². The van der Waals surface area contributed by atoms with Crippen molar-refractivity contribution in [1.82, 2.24) is 5.32 Å². The summed E-state index contributed by atoms with van der Waals surface area (Å²) in [5.74, 6) is -0.182. The van der Waals surface area contributed by atoms with Gasteiger partial charge >= 0.3 is 0 Å². The van der Waals surface area contributed by atoms with Crippen LogP contribution in [0.25, 0.3) is 0 Å². The fraction of sp³-hybridized carbons (Fsp3) is 0.500. The minimum Gasteiger partial charge on any atom is -0.388 e. The summed E-state index contributed by atoms with van der Waals surface area (Å²) in [7, 11) is 1.58. The van der Waals surface area contributed by atoms with Gasteiger partial charge in [0.15, 0.2) is 0 Å². The van der Waals surface area contributed by atoms with Crippen LogP contribution < -0.4 is 5.32 Å². The first-order chi connectivity index (χ1) is 8.98. The molecule has 0 fully saturated rings. The van der Waals surface area contributed by atoms with Crippen LogP contribution in [-0.2, 0) is 10.1 Å². The summed E-state index contributed by atoms with van der Waals surface area (Å²) in [6, 6.07) is 7.34. The lowest BCUT2D eigenvalue weighted by atomic mass is 10.0. The van der Waals surface area contributed by atoms with Gasteiger partial charge in [0.2, 0.25) is 0 Å². The van der Waals surface area contributed by atoms with E-state index < -0.39 is 5.60 Å². The van der Waals surface area contributed by atoms with Gasteiger partial charge in [-0.15, -0.1) is 0 Å². The predicted molar refractivity (Wildman–Crippen MR) is 78.5 cm³/mol. The molecule has 0 aromatic heterocycles. The van der Waals surface area contributed by atoms with Crippen molar-refractivity contribution in [2.75, 3.05) is 20.3 Å². The first-order valence-corrected chi connectivity index (χ1v) is 7.25. The van der Waals surface area contributed by atoms with Crippen LogP contribution in [0.2, 0.25) is 0 Å². The Bertz CT molecular complexity index is 404. The van der Waals surface area contributed by atoms with Crippen LogP contribution >= 0.6 is 15.9 Å². The number of benzene rings is 1. The molecule has 0 saturated heterocycles. The SMILES string of the molecule is COCCC(C)(O)CNC(=O)c1ccc(CBr)cc1. The molecule has 1 unspecified atom stereocenters. The molecule has 0 spiro atoms. The smallest absolute Gasteiger partial charge is 0.251 e. The first-order valence-electron chi connectivity index (χ1n) is 6.13. The molecule has 0 aliphatic rings. The van der Waals surface area contributed by atoms with Crippen LogP contribution in [0.1, 0.15) is 29.3 Å². The average molecular weight is 330 g/mol. The molecule has 1 atom stereocenters. The Morgan fingerprint density at radius 1 is 1.42 bits per heavy atom. The second kappa shape index (κ2) is 7.62. The van der Waals surface area contributed by atoms with E-state index in [9.17, 15) is 9.90 Å². The van der Waals surface area contributed by atoms with E-state index in [1.54, 1.807) is 26.2 Å². The Morgan fingerprint density at radius 2 is 2.05 bits per heavy atom. The molecule has 1 aromatic carbocycles. The number of rotatable bonds is 7. The van der Waals surface area contributed by atoms with Crippen molar-refractivity contribution in [2.45, 2.75) is 24.3 Å². The summed E-state index contributed by atoms with van der Waals surface area (Å²) in [6.45, 7) is 2.35. The topological polar surface area (TPSA) is 58.6 Å². The second-order valence-corrected chi connectivity index (χ2v) is 5.31. The van der Waals surface area contributed by atoms with Gasteiger partial charge in [0.05, 0.1) is 5.60 Å². The van der Waals surface area contributed by atoms with Crippen molar-refractivity contribution >= 4 is 21.8 Å². The van der Waals surface area contributed by atoms with Crippen LogP contribution in [-0.4, -0.2) is 36.9 Å². The van der Waals surface area contributed by atoms with E-state index in [2.05, 4.69) is 21.2 Å². The Labute approximate surface area is 122 Å². The molecule has 0 heterocycles. The Hall–Kier alpha value is -0.910. The maximum atomic E-state index is 11.9. The molecule has 4 nitrogen and oxygen atoms in total. The highest BCUT2D eigenvalue weighted by molar-refractivity contribution is 9.08. The van der Waals surface area contributed by atoms with E-state index in [0.29, 0.717) is 18.6 Å². The zero-order chi connectivity index (χ0) is 14.3. The van der Waals surface area contributed by atoms with E-state index in [0.717, 1.165) is 10.9 Å². The maximum absolute atomic E-state index is 11.9. The minimum absolute atomic E-state index is 0.182. The number of alkyl halides is 1. The van der Waals surface area contributed by atoms with Gasteiger partial charge in [-0.2, -0.15) is 0 Å². The third-order valence-corrected chi connectivity index (χ3v) is 3.49. The van der Waals surface area contributed by atoms with Crippen molar-refractivity contribution in [1.29, 1.82) is 0 Å². The van der Waals surface area contributed by atoms with Gasteiger partial charge in [-0.1, -0.05) is 28.1 Å². The normalized spacial score (nSPS) is 13.9. The molecule has 5 heteroatoms. The molecule has 0 radical (unpaired) electrons. The zero-order valence-electron chi connectivity index (χ0n) is 11.3. The summed E-state index contributed by atoms with van der Waals surface area (Å²) in [6.07, 6.45) is 0.478. The number of ether oxygens (including phenoxy) is 1. The van der Waals surface area contributed by atoms with Crippen LogP contribution in [0, 0.1) is 0 Å². The van der Waals surface area contributed by atoms with Crippen molar-refractivity contribution in [3.05, 3.63) is 35.4 Å². The van der Waals surface area contributed by atoms with Gasteiger partial charge in [0.1, 0.15) is 0 Å². The molecule has 106 valence electrons. The number of amides is 1. The largest absolute Gasteiger partial charge is 0.388 e. The highest BCUT2D eigenvalue weighted by Crippen LogP contribution is 2.10. The number of hydrogen-bond acceptors (Lipinski definition) is 3. The average Bonchev–Trinajstić information content (AvgIpc) is 2.43. The van der Waals surface area contributed by atoms with Crippen LogP contribution in [0.5, 0.6) is 0 Å². The molecule has 0 saturated carbocycles. The van der Waals surface area contributed by atoms with Crippen molar-refractivity contribution < 1.29 is 14.6 Å². The van der Waals surface area contributed by atoms with Gasteiger partial charge in [-0.3, -0.25) is 4.79 Å². The standard InChI is InChI=1S/C14H20BrNO3/c1-14(18,7-8-19-2)10-16-13(17)12-5-3-11(9-15)4-6-12/h3-6,18H,7-10H2,1-2H3,(H,16,17). The lowest BCUT2D eigenvalue weighted by molar-refractivity contribution is 0.0243. The van der Waals surface area contributed by atoms with Crippen LogP contribution in [0.4, 0.5) is 0 Å². The van der Waals surface area contributed by atoms with Gasteiger partial charge < -0.3 is 15.2 Å². The summed E-state index contributed by atoms with van der Waals surface area (Å²) in [4.78, 5) is 11.9. The van der Waals surface area contributed by atoms with Crippen LogP contribution in [0.3, 0.4) is 0 Å².